The topological polar surface area (TPSA) is 44.8 Å². The summed E-state index contributed by atoms with van der Waals surface area (Å²) < 4.78 is 5.84. The van der Waals surface area contributed by atoms with E-state index in [9.17, 15) is 4.79 Å². The molecule has 0 atom stereocenters. The van der Waals surface area contributed by atoms with E-state index in [0.717, 1.165) is 44.9 Å². The predicted molar refractivity (Wildman–Crippen MR) is 97.7 cm³/mol. The van der Waals surface area contributed by atoms with Crippen LogP contribution >= 0.6 is 0 Å². The second-order valence-electron chi connectivity index (χ2n) is 6.78. The number of hydrogen-bond acceptors (Lipinski definition) is 4. The van der Waals surface area contributed by atoms with Crippen LogP contribution in [-0.2, 0) is 0 Å². The van der Waals surface area contributed by atoms with Crippen LogP contribution in [0.2, 0.25) is 0 Å². The second-order valence-corrected chi connectivity index (χ2v) is 6.78. The number of benzene rings is 1. The van der Waals surface area contributed by atoms with Crippen LogP contribution < -0.4 is 10.1 Å². The maximum Gasteiger partial charge on any atom is 0.257 e. The summed E-state index contributed by atoms with van der Waals surface area (Å²) in [6.45, 7) is 4.17. The van der Waals surface area contributed by atoms with E-state index in [1.807, 2.05) is 50.3 Å². The van der Waals surface area contributed by atoms with Crippen LogP contribution in [0.1, 0.15) is 29.6 Å². The van der Waals surface area contributed by atoms with Gasteiger partial charge >= 0.3 is 0 Å². The van der Waals surface area contributed by atoms with E-state index in [1.165, 1.54) is 6.42 Å². The molecule has 0 spiro atoms. The van der Waals surface area contributed by atoms with Crippen molar-refractivity contribution in [1.29, 1.82) is 0 Å². The number of hydrogen-bond donors (Lipinski definition) is 1. The predicted octanol–water partition coefficient (Wildman–Crippen LogP) is 2.09. The standard InChI is InChI=1S/C19H31N3O2/c1-20-11-8-16-9-12-22(13-10-16)19(23)17-6-4-5-7-18(17)24-15-14-21(2)3/h4-7,16,20H,8-15H2,1-3H3. The first-order valence-corrected chi connectivity index (χ1v) is 8.92. The van der Waals surface area contributed by atoms with Gasteiger partial charge < -0.3 is 19.9 Å². The summed E-state index contributed by atoms with van der Waals surface area (Å²) in [7, 11) is 6.02. The molecule has 0 bridgehead atoms. The average molecular weight is 333 g/mol. The van der Waals surface area contributed by atoms with Crippen LogP contribution in [0.3, 0.4) is 0 Å². The number of para-hydroxylation sites is 1. The highest BCUT2D eigenvalue weighted by Gasteiger charge is 2.25. The minimum Gasteiger partial charge on any atom is -0.491 e. The first-order chi connectivity index (χ1) is 11.6. The molecular formula is C19H31N3O2. The molecule has 0 saturated carbocycles. The number of ether oxygens (including phenoxy) is 1. The Bertz CT molecular complexity index is 511. The number of piperidine rings is 1. The summed E-state index contributed by atoms with van der Waals surface area (Å²) in [4.78, 5) is 16.9. The zero-order valence-corrected chi connectivity index (χ0v) is 15.3. The number of rotatable bonds is 8. The van der Waals surface area contributed by atoms with Crippen LogP contribution in [0.4, 0.5) is 0 Å². The molecule has 5 heteroatoms. The van der Waals surface area contributed by atoms with Crippen molar-refractivity contribution in [2.24, 2.45) is 5.92 Å². The summed E-state index contributed by atoms with van der Waals surface area (Å²) in [5.41, 5.74) is 0.685. The van der Waals surface area contributed by atoms with Crippen molar-refractivity contribution >= 4 is 5.91 Å². The van der Waals surface area contributed by atoms with Gasteiger partial charge in [-0.25, -0.2) is 0 Å². The Hall–Kier alpha value is -1.59. The van der Waals surface area contributed by atoms with Gasteiger partial charge in [0, 0.05) is 19.6 Å². The Morgan fingerprint density at radius 1 is 1.29 bits per heavy atom. The third kappa shape index (κ3) is 5.49. The van der Waals surface area contributed by atoms with E-state index in [2.05, 4.69) is 10.2 Å². The number of likely N-dealkylation sites (N-methyl/N-ethyl adjacent to an activating group) is 1. The minimum atomic E-state index is 0.0996. The van der Waals surface area contributed by atoms with Crippen molar-refractivity contribution < 1.29 is 9.53 Å². The minimum absolute atomic E-state index is 0.0996. The van der Waals surface area contributed by atoms with Crippen LogP contribution in [-0.4, -0.2) is 69.6 Å². The molecule has 1 amide bonds. The molecule has 134 valence electrons. The van der Waals surface area contributed by atoms with Gasteiger partial charge in [0.05, 0.1) is 5.56 Å². The number of nitrogens with one attached hydrogen (secondary N) is 1. The fourth-order valence-corrected chi connectivity index (χ4v) is 3.05. The van der Waals surface area contributed by atoms with Gasteiger partial charge in [0.1, 0.15) is 12.4 Å². The molecule has 1 heterocycles. The number of likely N-dealkylation sites (tertiary alicyclic amines) is 1. The van der Waals surface area contributed by atoms with Crippen molar-refractivity contribution in [2.45, 2.75) is 19.3 Å². The molecule has 0 aliphatic carbocycles. The van der Waals surface area contributed by atoms with Crippen LogP contribution in [0.5, 0.6) is 5.75 Å². The fourth-order valence-electron chi connectivity index (χ4n) is 3.05. The smallest absolute Gasteiger partial charge is 0.257 e. The Balaban J connectivity index is 1.92. The Morgan fingerprint density at radius 2 is 2.00 bits per heavy atom. The molecule has 1 aliphatic rings. The van der Waals surface area contributed by atoms with Gasteiger partial charge in [-0.15, -0.1) is 0 Å². The lowest BCUT2D eigenvalue weighted by Gasteiger charge is -2.32. The van der Waals surface area contributed by atoms with Gasteiger partial charge in [0.2, 0.25) is 0 Å². The SMILES string of the molecule is CNCCC1CCN(C(=O)c2ccccc2OCCN(C)C)CC1. The van der Waals surface area contributed by atoms with E-state index < -0.39 is 0 Å². The largest absolute Gasteiger partial charge is 0.491 e. The van der Waals surface area contributed by atoms with Crippen LogP contribution in [0, 0.1) is 5.92 Å². The van der Waals surface area contributed by atoms with Crippen molar-refractivity contribution in [2.75, 3.05) is 53.9 Å². The average Bonchev–Trinajstić information content (AvgIpc) is 2.60. The first-order valence-electron chi connectivity index (χ1n) is 8.92. The highest BCUT2D eigenvalue weighted by atomic mass is 16.5. The molecule has 1 aromatic carbocycles. The molecule has 1 aromatic rings. The monoisotopic (exact) mass is 333 g/mol. The number of carbonyl (C=O) groups excluding carboxylic acids is 1. The van der Waals surface area contributed by atoms with Crippen LogP contribution in [0.15, 0.2) is 24.3 Å². The van der Waals surface area contributed by atoms with Crippen molar-refractivity contribution in [3.8, 4) is 5.75 Å². The third-order valence-corrected chi connectivity index (χ3v) is 4.62. The highest BCUT2D eigenvalue weighted by Crippen LogP contribution is 2.25. The Kier molecular flexibility index (Phi) is 7.53. The van der Waals surface area contributed by atoms with E-state index >= 15 is 0 Å². The molecule has 0 radical (unpaired) electrons. The van der Waals surface area contributed by atoms with Crippen molar-refractivity contribution in [3.05, 3.63) is 29.8 Å². The molecule has 1 saturated heterocycles. The quantitative estimate of drug-likeness (QED) is 0.791. The summed E-state index contributed by atoms with van der Waals surface area (Å²) in [6, 6.07) is 7.60. The molecule has 1 fully saturated rings. The molecule has 0 unspecified atom stereocenters. The van der Waals surface area contributed by atoms with Gasteiger partial charge in [-0.3, -0.25) is 4.79 Å². The van der Waals surface area contributed by atoms with Gasteiger partial charge in [-0.2, -0.15) is 0 Å². The molecule has 1 aliphatic heterocycles. The molecule has 2 rings (SSSR count). The number of amides is 1. The second kappa shape index (κ2) is 9.64. The van der Waals surface area contributed by atoms with Gasteiger partial charge in [-0.1, -0.05) is 12.1 Å². The van der Waals surface area contributed by atoms with Crippen molar-refractivity contribution in [1.82, 2.24) is 15.1 Å². The fraction of sp³-hybridized carbons (Fsp3) is 0.632. The van der Waals surface area contributed by atoms with Crippen molar-refractivity contribution in [3.63, 3.8) is 0 Å². The summed E-state index contributed by atoms with van der Waals surface area (Å²) in [5.74, 6) is 1.53. The van der Waals surface area contributed by atoms with Gasteiger partial charge in [0.15, 0.2) is 0 Å². The lowest BCUT2D eigenvalue weighted by molar-refractivity contribution is 0.0682. The van der Waals surface area contributed by atoms with E-state index in [4.69, 9.17) is 4.74 Å². The van der Waals surface area contributed by atoms with E-state index in [-0.39, 0.29) is 5.91 Å². The number of nitrogens with zero attached hydrogens (tertiary/aromatic N) is 2. The van der Waals surface area contributed by atoms with Gasteiger partial charge in [-0.05, 0) is 65.0 Å². The van der Waals surface area contributed by atoms with Crippen LogP contribution in [0.25, 0.3) is 0 Å². The maximum absolute atomic E-state index is 12.9. The molecule has 24 heavy (non-hydrogen) atoms. The normalized spacial score (nSPS) is 15.8. The molecule has 5 nitrogen and oxygen atoms in total. The Labute approximate surface area is 146 Å². The van der Waals surface area contributed by atoms with E-state index in [1.54, 1.807) is 0 Å². The lowest BCUT2D eigenvalue weighted by atomic mass is 9.93. The highest BCUT2D eigenvalue weighted by molar-refractivity contribution is 5.97. The van der Waals surface area contributed by atoms with E-state index in [0.29, 0.717) is 17.9 Å². The third-order valence-electron chi connectivity index (χ3n) is 4.62. The maximum atomic E-state index is 12.9. The Morgan fingerprint density at radius 3 is 2.67 bits per heavy atom. The molecular weight excluding hydrogens is 302 g/mol. The first kappa shape index (κ1) is 18.7. The molecule has 1 N–H and O–H groups in total. The zero-order chi connectivity index (χ0) is 17.4. The zero-order valence-electron chi connectivity index (χ0n) is 15.3. The summed E-state index contributed by atoms with van der Waals surface area (Å²) in [6.07, 6.45) is 3.39. The summed E-state index contributed by atoms with van der Waals surface area (Å²) in [5, 5.41) is 3.21. The van der Waals surface area contributed by atoms with Gasteiger partial charge in [0.25, 0.3) is 5.91 Å². The molecule has 0 aromatic heterocycles. The lowest BCUT2D eigenvalue weighted by Crippen LogP contribution is -2.39. The number of carbonyl (C=O) groups is 1. The summed E-state index contributed by atoms with van der Waals surface area (Å²) >= 11 is 0.